The number of carboxylic acids is 1. The maximum Gasteiger partial charge on any atom is 0.420 e. The SMILES string of the molecule is COc1c(CC(C)(C)C(=O)O)cc(Br)cc1C(F)(F)F. The van der Waals surface area contributed by atoms with Crippen molar-refractivity contribution in [1.82, 2.24) is 0 Å². The zero-order valence-corrected chi connectivity index (χ0v) is 12.7. The second-order valence-electron chi connectivity index (χ2n) is 5.01. The monoisotopic (exact) mass is 354 g/mol. The lowest BCUT2D eigenvalue weighted by molar-refractivity contribution is -0.146. The first-order valence-corrected chi connectivity index (χ1v) is 6.45. The van der Waals surface area contributed by atoms with Crippen molar-refractivity contribution in [2.24, 2.45) is 5.41 Å². The first kappa shape index (κ1) is 16.8. The van der Waals surface area contributed by atoms with Gasteiger partial charge in [-0.25, -0.2) is 0 Å². The van der Waals surface area contributed by atoms with Crippen LogP contribution in [0.1, 0.15) is 25.0 Å². The summed E-state index contributed by atoms with van der Waals surface area (Å²) in [6.45, 7) is 2.89. The molecule has 0 aliphatic carbocycles. The molecule has 1 rings (SSSR count). The molecule has 1 aromatic rings. The van der Waals surface area contributed by atoms with Crippen molar-refractivity contribution in [3.8, 4) is 5.75 Å². The maximum absolute atomic E-state index is 13.0. The van der Waals surface area contributed by atoms with Gasteiger partial charge in [0.25, 0.3) is 0 Å². The Hall–Kier alpha value is -1.24. The van der Waals surface area contributed by atoms with Crippen molar-refractivity contribution < 1.29 is 27.8 Å². The lowest BCUT2D eigenvalue weighted by Gasteiger charge is -2.22. The Morgan fingerprint density at radius 1 is 1.35 bits per heavy atom. The molecule has 0 aromatic heterocycles. The Kier molecular flexibility index (Phi) is 4.74. The molecule has 0 saturated heterocycles. The number of hydrogen-bond acceptors (Lipinski definition) is 2. The summed E-state index contributed by atoms with van der Waals surface area (Å²) < 4.78 is 44.0. The van der Waals surface area contributed by atoms with Crippen LogP contribution in [0.4, 0.5) is 13.2 Å². The fourth-order valence-corrected chi connectivity index (χ4v) is 2.29. The molecule has 0 bridgehead atoms. The molecule has 0 aliphatic rings. The highest BCUT2D eigenvalue weighted by Crippen LogP contribution is 2.41. The number of rotatable bonds is 4. The van der Waals surface area contributed by atoms with Gasteiger partial charge in [0.1, 0.15) is 5.75 Å². The highest BCUT2D eigenvalue weighted by atomic mass is 79.9. The van der Waals surface area contributed by atoms with E-state index in [1.54, 1.807) is 0 Å². The Balaban J connectivity index is 3.40. The smallest absolute Gasteiger partial charge is 0.420 e. The minimum Gasteiger partial charge on any atom is -0.496 e. The number of benzene rings is 1. The number of methoxy groups -OCH3 is 1. The second kappa shape index (κ2) is 5.63. The molecule has 0 atom stereocenters. The lowest BCUT2D eigenvalue weighted by atomic mass is 9.85. The molecule has 0 aliphatic heterocycles. The summed E-state index contributed by atoms with van der Waals surface area (Å²) in [6, 6.07) is 2.36. The topological polar surface area (TPSA) is 46.5 Å². The average molecular weight is 355 g/mol. The Morgan fingerprint density at radius 3 is 2.30 bits per heavy atom. The van der Waals surface area contributed by atoms with Crippen LogP contribution in [-0.4, -0.2) is 18.2 Å². The van der Waals surface area contributed by atoms with Gasteiger partial charge in [0.15, 0.2) is 0 Å². The standard InChI is InChI=1S/C13H14BrF3O3/c1-12(2,11(18)19)6-7-4-8(14)5-9(10(7)20-3)13(15,16)17/h4-5H,6H2,1-3H3,(H,18,19). The molecule has 0 fully saturated rings. The molecular formula is C13H14BrF3O3. The van der Waals surface area contributed by atoms with E-state index in [1.165, 1.54) is 19.9 Å². The van der Waals surface area contributed by atoms with Gasteiger partial charge in [-0.15, -0.1) is 0 Å². The van der Waals surface area contributed by atoms with E-state index in [1.807, 2.05) is 0 Å². The number of ether oxygens (including phenoxy) is 1. The zero-order valence-electron chi connectivity index (χ0n) is 11.1. The van der Waals surface area contributed by atoms with Gasteiger partial charge in [-0.05, 0) is 38.0 Å². The van der Waals surface area contributed by atoms with E-state index in [0.717, 1.165) is 13.2 Å². The number of carboxylic acid groups (broad SMARTS) is 1. The number of alkyl halides is 3. The van der Waals surface area contributed by atoms with Crippen molar-refractivity contribution in [3.05, 3.63) is 27.7 Å². The summed E-state index contributed by atoms with van der Waals surface area (Å²) in [5.74, 6) is -1.43. The summed E-state index contributed by atoms with van der Waals surface area (Å²) in [5, 5.41) is 9.09. The molecule has 7 heteroatoms. The summed E-state index contributed by atoms with van der Waals surface area (Å²) in [7, 11) is 1.13. The van der Waals surface area contributed by atoms with E-state index in [0.29, 0.717) is 0 Å². The number of carbonyl (C=O) groups is 1. The maximum atomic E-state index is 13.0. The normalized spacial score (nSPS) is 12.3. The molecule has 1 N–H and O–H groups in total. The Bertz CT molecular complexity index is 524. The summed E-state index contributed by atoms with van der Waals surface area (Å²) in [6.07, 6.45) is -4.65. The molecule has 20 heavy (non-hydrogen) atoms. The fourth-order valence-electron chi connectivity index (χ4n) is 1.78. The van der Waals surface area contributed by atoms with E-state index < -0.39 is 23.1 Å². The van der Waals surface area contributed by atoms with Crippen LogP contribution < -0.4 is 4.74 Å². The first-order chi connectivity index (χ1) is 8.99. The number of aliphatic carboxylic acids is 1. The molecular weight excluding hydrogens is 341 g/mol. The summed E-state index contributed by atoms with van der Waals surface area (Å²) in [4.78, 5) is 11.1. The van der Waals surface area contributed by atoms with Gasteiger partial charge < -0.3 is 9.84 Å². The second-order valence-corrected chi connectivity index (χ2v) is 5.92. The van der Waals surface area contributed by atoms with Crippen LogP contribution in [0.3, 0.4) is 0 Å². The molecule has 0 saturated carbocycles. The van der Waals surface area contributed by atoms with Crippen molar-refractivity contribution >= 4 is 21.9 Å². The lowest BCUT2D eigenvalue weighted by Crippen LogP contribution is -2.26. The molecule has 112 valence electrons. The van der Waals surface area contributed by atoms with Crippen molar-refractivity contribution in [2.75, 3.05) is 7.11 Å². The van der Waals surface area contributed by atoms with Gasteiger partial charge in [0, 0.05) is 4.47 Å². The van der Waals surface area contributed by atoms with E-state index >= 15 is 0 Å². The van der Waals surface area contributed by atoms with E-state index in [-0.39, 0.29) is 22.2 Å². The van der Waals surface area contributed by atoms with Crippen LogP contribution >= 0.6 is 15.9 Å². The minimum absolute atomic E-state index is 0.0754. The minimum atomic E-state index is -4.57. The van der Waals surface area contributed by atoms with Gasteiger partial charge in [0.05, 0.1) is 18.1 Å². The molecule has 0 heterocycles. The van der Waals surface area contributed by atoms with Gasteiger partial charge in [-0.1, -0.05) is 15.9 Å². The number of halogens is 4. The predicted molar refractivity (Wildman–Crippen MR) is 70.8 cm³/mol. The average Bonchev–Trinajstić information content (AvgIpc) is 2.26. The van der Waals surface area contributed by atoms with Crippen LogP contribution in [0.2, 0.25) is 0 Å². The third-order valence-electron chi connectivity index (χ3n) is 2.85. The molecule has 0 amide bonds. The molecule has 0 spiro atoms. The van der Waals surface area contributed by atoms with Gasteiger partial charge >= 0.3 is 12.1 Å². The van der Waals surface area contributed by atoms with Gasteiger partial charge in [-0.3, -0.25) is 4.79 Å². The van der Waals surface area contributed by atoms with Crippen LogP contribution in [0.5, 0.6) is 5.75 Å². The van der Waals surface area contributed by atoms with Crippen molar-refractivity contribution in [2.45, 2.75) is 26.4 Å². The van der Waals surface area contributed by atoms with E-state index in [2.05, 4.69) is 15.9 Å². The van der Waals surface area contributed by atoms with Crippen molar-refractivity contribution in [1.29, 1.82) is 0 Å². The van der Waals surface area contributed by atoms with E-state index in [9.17, 15) is 18.0 Å². The largest absolute Gasteiger partial charge is 0.496 e. The molecule has 0 unspecified atom stereocenters. The van der Waals surface area contributed by atoms with Crippen LogP contribution in [-0.2, 0) is 17.4 Å². The highest BCUT2D eigenvalue weighted by molar-refractivity contribution is 9.10. The van der Waals surface area contributed by atoms with Crippen LogP contribution in [0, 0.1) is 5.41 Å². The van der Waals surface area contributed by atoms with Crippen LogP contribution in [0.15, 0.2) is 16.6 Å². The summed E-state index contributed by atoms with van der Waals surface area (Å²) in [5.41, 5.74) is -1.93. The predicted octanol–water partition coefficient (Wildman–Crippen LogP) is 4.13. The van der Waals surface area contributed by atoms with Crippen molar-refractivity contribution in [3.63, 3.8) is 0 Å². The van der Waals surface area contributed by atoms with Gasteiger partial charge in [-0.2, -0.15) is 13.2 Å². The molecule has 1 aromatic carbocycles. The first-order valence-electron chi connectivity index (χ1n) is 5.66. The summed E-state index contributed by atoms with van der Waals surface area (Å²) >= 11 is 3.01. The van der Waals surface area contributed by atoms with Crippen LogP contribution in [0.25, 0.3) is 0 Å². The third kappa shape index (κ3) is 3.65. The van der Waals surface area contributed by atoms with E-state index in [4.69, 9.17) is 9.84 Å². The Labute approximate surface area is 122 Å². The van der Waals surface area contributed by atoms with Gasteiger partial charge in [0.2, 0.25) is 0 Å². The molecule has 0 radical (unpaired) electrons. The highest BCUT2D eigenvalue weighted by Gasteiger charge is 2.37. The quantitative estimate of drug-likeness (QED) is 0.884. The zero-order chi connectivity index (χ0) is 15.7. The fraction of sp³-hybridized carbons (Fsp3) is 0.462. The number of hydrogen-bond donors (Lipinski definition) is 1. The molecule has 3 nitrogen and oxygen atoms in total. The third-order valence-corrected chi connectivity index (χ3v) is 3.31. The Morgan fingerprint density at radius 2 is 1.90 bits per heavy atom.